The molecule has 0 atom stereocenters. The summed E-state index contributed by atoms with van der Waals surface area (Å²) in [6, 6.07) is 27.7. The van der Waals surface area contributed by atoms with Crippen LogP contribution >= 0.6 is 0 Å². The molecule has 4 nitrogen and oxygen atoms in total. The van der Waals surface area contributed by atoms with Crippen molar-refractivity contribution in [1.82, 2.24) is 4.98 Å². The number of benzene rings is 4. The first-order valence-electron chi connectivity index (χ1n) is 12.7. The van der Waals surface area contributed by atoms with Gasteiger partial charge in [-0.25, -0.2) is 0 Å². The van der Waals surface area contributed by atoms with Crippen molar-refractivity contribution in [3.63, 3.8) is 0 Å². The van der Waals surface area contributed by atoms with Gasteiger partial charge in [0.1, 0.15) is 13.2 Å². The maximum absolute atomic E-state index is 13.9. The number of rotatable bonds is 6. The highest BCUT2D eigenvalue weighted by molar-refractivity contribution is 5.98. The second-order valence-corrected chi connectivity index (χ2v) is 9.43. The Morgan fingerprint density at radius 3 is 2.38 bits per heavy atom. The van der Waals surface area contributed by atoms with Gasteiger partial charge in [-0.15, -0.1) is 0 Å². The number of anilines is 1. The van der Waals surface area contributed by atoms with Crippen molar-refractivity contribution in [2.75, 3.05) is 18.5 Å². The number of fused-ring (bicyclic) bond motifs is 2. The lowest BCUT2D eigenvalue weighted by Gasteiger charge is -2.19. The minimum absolute atomic E-state index is 0.0496. The van der Waals surface area contributed by atoms with Crippen molar-refractivity contribution < 1.29 is 22.6 Å². The fourth-order valence-corrected chi connectivity index (χ4v) is 4.97. The number of pyridine rings is 1. The molecular formula is C32H25F3N2O2. The summed E-state index contributed by atoms with van der Waals surface area (Å²) in [4.78, 5) is 4.31. The Morgan fingerprint density at radius 1 is 0.769 bits per heavy atom. The highest BCUT2D eigenvalue weighted by Crippen LogP contribution is 2.39. The van der Waals surface area contributed by atoms with Crippen molar-refractivity contribution in [1.29, 1.82) is 0 Å². The zero-order chi connectivity index (χ0) is 26.8. The Balaban J connectivity index is 1.38. The van der Waals surface area contributed by atoms with Crippen molar-refractivity contribution in [3.05, 3.63) is 119 Å². The Kier molecular flexibility index (Phi) is 6.57. The Hall–Kier alpha value is -4.52. The van der Waals surface area contributed by atoms with Crippen molar-refractivity contribution >= 4 is 16.6 Å². The lowest BCUT2D eigenvalue weighted by molar-refractivity contribution is -0.136. The molecule has 4 aromatic carbocycles. The number of aromatic nitrogens is 1. The standard InChI is InChI=1S/C32H25F3N2O2/c33-32(34,35)27-11-5-10-26-30(24(20-37-31(26)27)16-21-6-2-1-3-7-21)23-8-4-9-25(18-23)36-19-22-12-13-28-29(17-22)39-15-14-38-28/h1-13,17-18,20,36H,14-16,19H2. The summed E-state index contributed by atoms with van der Waals surface area (Å²) in [6.07, 6.45) is -2.38. The molecule has 0 fully saturated rings. The summed E-state index contributed by atoms with van der Waals surface area (Å²) in [7, 11) is 0. The topological polar surface area (TPSA) is 43.4 Å². The molecule has 5 aromatic rings. The molecule has 0 spiro atoms. The molecule has 0 unspecified atom stereocenters. The van der Waals surface area contributed by atoms with Gasteiger partial charge in [0.2, 0.25) is 0 Å². The van der Waals surface area contributed by atoms with Crippen LogP contribution < -0.4 is 14.8 Å². The number of nitrogens with one attached hydrogen (secondary N) is 1. The Morgan fingerprint density at radius 2 is 1.56 bits per heavy atom. The average molecular weight is 527 g/mol. The van der Waals surface area contributed by atoms with Gasteiger partial charge in [-0.1, -0.05) is 60.7 Å². The van der Waals surface area contributed by atoms with Crippen LogP contribution in [0.15, 0.2) is 97.2 Å². The van der Waals surface area contributed by atoms with Gasteiger partial charge in [0.05, 0.1) is 11.1 Å². The molecule has 1 aliphatic heterocycles. The smallest absolute Gasteiger partial charge is 0.418 e. The maximum Gasteiger partial charge on any atom is 0.418 e. The van der Waals surface area contributed by atoms with E-state index in [1.165, 1.54) is 6.07 Å². The zero-order valence-electron chi connectivity index (χ0n) is 21.0. The van der Waals surface area contributed by atoms with Crippen LogP contribution in [0.5, 0.6) is 11.5 Å². The van der Waals surface area contributed by atoms with Gasteiger partial charge in [-0.3, -0.25) is 4.98 Å². The van der Waals surface area contributed by atoms with Crippen LogP contribution in [-0.4, -0.2) is 18.2 Å². The predicted molar refractivity (Wildman–Crippen MR) is 146 cm³/mol. The van der Waals surface area contributed by atoms with E-state index in [0.29, 0.717) is 31.6 Å². The summed E-state index contributed by atoms with van der Waals surface area (Å²) in [6.45, 7) is 1.61. The summed E-state index contributed by atoms with van der Waals surface area (Å²) in [5.74, 6) is 1.46. The van der Waals surface area contributed by atoms with Crippen molar-refractivity contribution in [2.45, 2.75) is 19.1 Å². The van der Waals surface area contributed by atoms with E-state index in [-0.39, 0.29) is 5.52 Å². The van der Waals surface area contributed by atoms with Crippen LogP contribution in [0.3, 0.4) is 0 Å². The second kappa shape index (κ2) is 10.3. The summed E-state index contributed by atoms with van der Waals surface area (Å²) < 4.78 is 52.9. The van der Waals surface area contributed by atoms with Crippen LogP contribution in [0.4, 0.5) is 18.9 Å². The van der Waals surface area contributed by atoms with Crippen LogP contribution in [0.2, 0.25) is 0 Å². The van der Waals surface area contributed by atoms with E-state index in [9.17, 15) is 13.2 Å². The van der Waals surface area contributed by atoms with E-state index in [1.807, 2.05) is 72.8 Å². The van der Waals surface area contributed by atoms with E-state index in [4.69, 9.17) is 9.47 Å². The zero-order valence-corrected chi connectivity index (χ0v) is 21.0. The van der Waals surface area contributed by atoms with Crippen molar-refractivity contribution in [2.24, 2.45) is 0 Å². The maximum atomic E-state index is 13.9. The Bertz CT molecular complexity index is 1630. The minimum Gasteiger partial charge on any atom is -0.486 e. The summed E-state index contributed by atoms with van der Waals surface area (Å²) in [5, 5.41) is 3.91. The third-order valence-electron chi connectivity index (χ3n) is 6.77. The van der Waals surface area contributed by atoms with E-state index in [2.05, 4.69) is 10.3 Å². The quantitative estimate of drug-likeness (QED) is 0.244. The molecule has 0 radical (unpaired) electrons. The predicted octanol–water partition coefficient (Wildman–Crippen LogP) is 7.89. The molecule has 0 aliphatic carbocycles. The van der Waals surface area contributed by atoms with E-state index in [0.717, 1.165) is 51.1 Å². The van der Waals surface area contributed by atoms with Gasteiger partial charge in [-0.05, 0) is 64.6 Å². The monoisotopic (exact) mass is 526 g/mol. The molecule has 1 N–H and O–H groups in total. The average Bonchev–Trinajstić information content (AvgIpc) is 2.95. The highest BCUT2D eigenvalue weighted by atomic mass is 19.4. The molecule has 1 aromatic heterocycles. The summed E-state index contributed by atoms with van der Waals surface area (Å²) in [5.41, 5.74) is 4.57. The van der Waals surface area contributed by atoms with Gasteiger partial charge >= 0.3 is 6.18 Å². The van der Waals surface area contributed by atoms with Gasteiger partial charge in [0.15, 0.2) is 11.5 Å². The molecule has 196 valence electrons. The molecule has 0 bridgehead atoms. The van der Waals surface area contributed by atoms with E-state index >= 15 is 0 Å². The first kappa shape index (κ1) is 24.8. The first-order chi connectivity index (χ1) is 19.0. The van der Waals surface area contributed by atoms with Gasteiger partial charge in [0, 0.05) is 23.8 Å². The fourth-order valence-electron chi connectivity index (χ4n) is 4.97. The molecule has 2 heterocycles. The molecule has 39 heavy (non-hydrogen) atoms. The lowest BCUT2D eigenvalue weighted by Crippen LogP contribution is -2.15. The van der Waals surface area contributed by atoms with Crippen molar-refractivity contribution in [3.8, 4) is 22.6 Å². The SMILES string of the molecule is FC(F)(F)c1cccc2c(-c3cccc(NCc4ccc5c(c4)OCCO5)c3)c(Cc3ccccc3)cnc12. The number of alkyl halides is 3. The van der Waals surface area contributed by atoms with Crippen LogP contribution in [0.1, 0.15) is 22.3 Å². The number of nitrogens with zero attached hydrogens (tertiary/aromatic N) is 1. The van der Waals surface area contributed by atoms with Crippen LogP contribution in [0, 0.1) is 0 Å². The van der Waals surface area contributed by atoms with Gasteiger partial charge in [-0.2, -0.15) is 13.2 Å². The van der Waals surface area contributed by atoms with Gasteiger partial charge < -0.3 is 14.8 Å². The number of hydrogen-bond donors (Lipinski definition) is 1. The van der Waals surface area contributed by atoms with E-state index < -0.39 is 11.7 Å². The minimum atomic E-state index is -4.50. The fraction of sp³-hybridized carbons (Fsp3) is 0.156. The third kappa shape index (κ3) is 5.25. The lowest BCUT2D eigenvalue weighted by atomic mass is 9.91. The van der Waals surface area contributed by atoms with Gasteiger partial charge in [0.25, 0.3) is 0 Å². The molecular weight excluding hydrogens is 501 g/mol. The molecule has 0 amide bonds. The largest absolute Gasteiger partial charge is 0.486 e. The van der Waals surface area contributed by atoms with Crippen LogP contribution in [-0.2, 0) is 19.1 Å². The molecule has 0 saturated heterocycles. The molecule has 7 heteroatoms. The number of halogens is 3. The number of para-hydroxylation sites is 1. The number of ether oxygens (including phenoxy) is 2. The summed E-state index contributed by atoms with van der Waals surface area (Å²) >= 11 is 0. The van der Waals surface area contributed by atoms with Crippen LogP contribution in [0.25, 0.3) is 22.0 Å². The molecule has 6 rings (SSSR count). The third-order valence-corrected chi connectivity index (χ3v) is 6.77. The number of hydrogen-bond acceptors (Lipinski definition) is 4. The Labute approximate surface area is 224 Å². The normalized spacial score (nSPS) is 12.9. The second-order valence-electron chi connectivity index (χ2n) is 9.43. The molecule has 1 aliphatic rings. The van der Waals surface area contributed by atoms with E-state index in [1.54, 1.807) is 12.3 Å². The first-order valence-corrected chi connectivity index (χ1v) is 12.7. The highest BCUT2D eigenvalue weighted by Gasteiger charge is 2.33. The molecule has 0 saturated carbocycles.